The standard InChI is InChI=1S/C9H9NO3/c11-7-9(6-10(12)13)8-4-2-1-3-5-8/h1-6,11H,7H2. The molecule has 68 valence electrons. The number of aliphatic hydroxyl groups excluding tert-OH is 1. The Balaban J connectivity index is 2.98. The van der Waals surface area contributed by atoms with E-state index in [1.807, 2.05) is 6.07 Å². The van der Waals surface area contributed by atoms with E-state index in [2.05, 4.69) is 0 Å². The van der Waals surface area contributed by atoms with Crippen LogP contribution in [0.1, 0.15) is 5.56 Å². The minimum atomic E-state index is -0.571. The van der Waals surface area contributed by atoms with Crippen molar-refractivity contribution in [2.45, 2.75) is 0 Å². The molecule has 4 nitrogen and oxygen atoms in total. The van der Waals surface area contributed by atoms with Crippen molar-refractivity contribution in [2.75, 3.05) is 6.61 Å². The summed E-state index contributed by atoms with van der Waals surface area (Å²) in [6.45, 7) is -0.328. The summed E-state index contributed by atoms with van der Waals surface area (Å²) in [4.78, 5) is 9.59. The molecule has 0 atom stereocenters. The number of nitro groups is 1. The van der Waals surface area contributed by atoms with Crippen molar-refractivity contribution >= 4 is 5.57 Å². The third kappa shape index (κ3) is 2.68. The highest BCUT2D eigenvalue weighted by molar-refractivity contribution is 5.64. The van der Waals surface area contributed by atoms with Crippen LogP contribution >= 0.6 is 0 Å². The van der Waals surface area contributed by atoms with E-state index in [1.165, 1.54) is 0 Å². The van der Waals surface area contributed by atoms with Gasteiger partial charge in [-0.3, -0.25) is 10.1 Å². The molecule has 13 heavy (non-hydrogen) atoms. The SMILES string of the molecule is O=[N+]([O-])C=C(CO)c1ccccc1. The molecule has 0 aromatic heterocycles. The van der Waals surface area contributed by atoms with Gasteiger partial charge in [-0.2, -0.15) is 0 Å². The zero-order chi connectivity index (χ0) is 9.68. The molecular formula is C9H9NO3. The Kier molecular flexibility index (Phi) is 3.16. The lowest BCUT2D eigenvalue weighted by Crippen LogP contribution is -1.94. The summed E-state index contributed by atoms with van der Waals surface area (Å²) < 4.78 is 0. The van der Waals surface area contributed by atoms with E-state index in [0.29, 0.717) is 11.1 Å². The maximum atomic E-state index is 10.2. The first-order valence-corrected chi connectivity index (χ1v) is 3.74. The molecule has 0 aliphatic carbocycles. The van der Waals surface area contributed by atoms with Gasteiger partial charge in [-0.25, -0.2) is 0 Å². The molecule has 0 aliphatic heterocycles. The Morgan fingerprint density at radius 1 is 1.46 bits per heavy atom. The van der Waals surface area contributed by atoms with Crippen LogP contribution < -0.4 is 0 Å². The molecule has 0 saturated heterocycles. The molecule has 0 aliphatic rings. The van der Waals surface area contributed by atoms with E-state index in [1.54, 1.807) is 24.3 Å². The smallest absolute Gasteiger partial charge is 0.240 e. The molecule has 1 aromatic carbocycles. The largest absolute Gasteiger partial charge is 0.391 e. The van der Waals surface area contributed by atoms with Crippen molar-refractivity contribution in [1.29, 1.82) is 0 Å². The lowest BCUT2D eigenvalue weighted by molar-refractivity contribution is -0.401. The van der Waals surface area contributed by atoms with Crippen LogP contribution in [0.3, 0.4) is 0 Å². The lowest BCUT2D eigenvalue weighted by atomic mass is 10.1. The van der Waals surface area contributed by atoms with Gasteiger partial charge in [-0.15, -0.1) is 0 Å². The molecule has 0 radical (unpaired) electrons. The van der Waals surface area contributed by atoms with E-state index < -0.39 is 4.92 Å². The van der Waals surface area contributed by atoms with Crippen molar-refractivity contribution in [3.05, 3.63) is 52.2 Å². The van der Waals surface area contributed by atoms with Gasteiger partial charge in [0, 0.05) is 0 Å². The second-order valence-corrected chi connectivity index (χ2v) is 2.46. The van der Waals surface area contributed by atoms with Crippen LogP contribution in [0.2, 0.25) is 0 Å². The molecule has 1 N–H and O–H groups in total. The fourth-order valence-electron chi connectivity index (χ4n) is 0.986. The normalized spacial score (nSPS) is 11.3. The highest BCUT2D eigenvalue weighted by atomic mass is 16.6. The van der Waals surface area contributed by atoms with Gasteiger partial charge in [0.1, 0.15) is 0 Å². The van der Waals surface area contributed by atoms with Gasteiger partial charge in [0.05, 0.1) is 17.1 Å². The highest BCUT2D eigenvalue weighted by Gasteiger charge is 2.03. The van der Waals surface area contributed by atoms with Gasteiger partial charge in [0.25, 0.3) is 0 Å². The van der Waals surface area contributed by atoms with E-state index >= 15 is 0 Å². The fraction of sp³-hybridized carbons (Fsp3) is 0.111. The van der Waals surface area contributed by atoms with Crippen LogP contribution in [-0.4, -0.2) is 16.6 Å². The fourth-order valence-corrected chi connectivity index (χ4v) is 0.986. The van der Waals surface area contributed by atoms with Crippen LogP contribution in [0.5, 0.6) is 0 Å². The number of benzene rings is 1. The van der Waals surface area contributed by atoms with Crippen molar-refractivity contribution < 1.29 is 10.0 Å². The topological polar surface area (TPSA) is 63.4 Å². The van der Waals surface area contributed by atoms with E-state index in [4.69, 9.17) is 5.11 Å². The van der Waals surface area contributed by atoms with Crippen LogP contribution in [0, 0.1) is 10.1 Å². The zero-order valence-corrected chi connectivity index (χ0v) is 6.88. The number of hydrogen-bond acceptors (Lipinski definition) is 3. The monoisotopic (exact) mass is 179 g/mol. The molecule has 1 aromatic rings. The van der Waals surface area contributed by atoms with Gasteiger partial charge in [-0.1, -0.05) is 30.3 Å². The molecule has 0 heterocycles. The minimum absolute atomic E-state index is 0.311. The van der Waals surface area contributed by atoms with Crippen LogP contribution in [-0.2, 0) is 0 Å². The second-order valence-electron chi connectivity index (χ2n) is 2.46. The van der Waals surface area contributed by atoms with E-state index in [-0.39, 0.29) is 6.61 Å². The van der Waals surface area contributed by atoms with E-state index in [9.17, 15) is 10.1 Å². The van der Waals surface area contributed by atoms with Crippen LogP contribution in [0.25, 0.3) is 5.57 Å². The molecule has 4 heteroatoms. The van der Waals surface area contributed by atoms with Gasteiger partial charge in [0.15, 0.2) is 0 Å². The van der Waals surface area contributed by atoms with E-state index in [0.717, 1.165) is 6.20 Å². The zero-order valence-electron chi connectivity index (χ0n) is 6.88. The average Bonchev–Trinajstić information content (AvgIpc) is 2.15. The summed E-state index contributed by atoms with van der Waals surface area (Å²) in [6, 6.07) is 8.76. The van der Waals surface area contributed by atoms with Gasteiger partial charge >= 0.3 is 0 Å². The molecule has 0 amide bonds. The number of hydrogen-bond donors (Lipinski definition) is 1. The van der Waals surface area contributed by atoms with Crippen molar-refractivity contribution in [3.8, 4) is 0 Å². The Hall–Kier alpha value is -1.68. The molecule has 0 unspecified atom stereocenters. The number of aliphatic hydroxyl groups is 1. The molecule has 0 bridgehead atoms. The average molecular weight is 179 g/mol. The Bertz CT molecular complexity index is 319. The molecular weight excluding hydrogens is 170 g/mol. The maximum absolute atomic E-state index is 10.2. The highest BCUT2D eigenvalue weighted by Crippen LogP contribution is 2.12. The van der Waals surface area contributed by atoms with Crippen molar-refractivity contribution in [2.24, 2.45) is 0 Å². The number of rotatable bonds is 3. The maximum Gasteiger partial charge on any atom is 0.240 e. The number of nitrogens with zero attached hydrogens (tertiary/aromatic N) is 1. The van der Waals surface area contributed by atoms with Crippen molar-refractivity contribution in [3.63, 3.8) is 0 Å². The van der Waals surface area contributed by atoms with Gasteiger partial charge in [-0.05, 0) is 5.56 Å². The molecule has 0 fully saturated rings. The molecule has 0 saturated carbocycles. The summed E-state index contributed by atoms with van der Waals surface area (Å²) >= 11 is 0. The van der Waals surface area contributed by atoms with Crippen LogP contribution in [0.4, 0.5) is 0 Å². The molecule has 1 rings (SSSR count). The Labute approximate surface area is 75.3 Å². The summed E-state index contributed by atoms with van der Waals surface area (Å²) in [6.07, 6.45) is 0.815. The van der Waals surface area contributed by atoms with Crippen LogP contribution in [0.15, 0.2) is 36.5 Å². The second kappa shape index (κ2) is 4.37. The molecule has 0 spiro atoms. The Morgan fingerprint density at radius 3 is 2.54 bits per heavy atom. The third-order valence-corrected chi connectivity index (χ3v) is 1.58. The quantitative estimate of drug-likeness (QED) is 0.561. The first kappa shape index (κ1) is 9.41. The van der Waals surface area contributed by atoms with Gasteiger partial charge in [0.2, 0.25) is 6.20 Å². The minimum Gasteiger partial charge on any atom is -0.391 e. The predicted octanol–water partition coefficient (Wildman–Crippen LogP) is 1.30. The predicted molar refractivity (Wildman–Crippen MR) is 48.5 cm³/mol. The van der Waals surface area contributed by atoms with Crippen molar-refractivity contribution in [1.82, 2.24) is 0 Å². The summed E-state index contributed by atoms with van der Waals surface area (Å²) in [5, 5.41) is 19.0. The first-order valence-electron chi connectivity index (χ1n) is 3.74. The lowest BCUT2D eigenvalue weighted by Gasteiger charge is -1.99. The summed E-state index contributed by atoms with van der Waals surface area (Å²) in [5.74, 6) is 0. The first-order chi connectivity index (χ1) is 6.24. The Morgan fingerprint density at radius 2 is 2.08 bits per heavy atom. The third-order valence-electron chi connectivity index (χ3n) is 1.58. The summed E-state index contributed by atoms with van der Waals surface area (Å²) in [7, 11) is 0. The summed E-state index contributed by atoms with van der Waals surface area (Å²) in [5.41, 5.74) is 0.979. The van der Waals surface area contributed by atoms with Gasteiger partial charge < -0.3 is 5.11 Å².